The monoisotopic (exact) mass is 918 g/mol. The average molecular weight is 920 g/mol. The van der Waals surface area contributed by atoms with Gasteiger partial charge in [-0.25, -0.2) is 4.79 Å². The van der Waals surface area contributed by atoms with E-state index in [0.717, 1.165) is 64.0 Å². The predicted molar refractivity (Wildman–Crippen MR) is 222 cm³/mol. The molecule has 0 saturated carbocycles. The van der Waals surface area contributed by atoms with Gasteiger partial charge in [0, 0.05) is 120 Å². The third kappa shape index (κ3) is 12.5. The number of nitrogens with zero attached hydrogens (tertiary/aromatic N) is 9. The van der Waals surface area contributed by atoms with E-state index < -0.39 is 28.8 Å². The molecule has 2 aromatic heterocycles. The summed E-state index contributed by atoms with van der Waals surface area (Å²) in [7, 11) is 0. The first-order valence-electron chi connectivity index (χ1n) is 20.0. The van der Waals surface area contributed by atoms with E-state index in [9.17, 15) is 35.9 Å². The molecule has 6 heterocycles. The number of hydrogen-bond acceptors (Lipinski definition) is 8. The van der Waals surface area contributed by atoms with Gasteiger partial charge in [-0.2, -0.15) is 41.2 Å². The number of benzene rings is 2. The highest BCUT2D eigenvalue weighted by molar-refractivity contribution is 6.62. The van der Waals surface area contributed by atoms with Crippen LogP contribution in [-0.2, 0) is 25.4 Å². The summed E-state index contributed by atoms with van der Waals surface area (Å²) in [6.07, 6.45) is 1.21. The first-order valence-corrected chi connectivity index (χ1v) is 21.1. The lowest BCUT2D eigenvalue weighted by molar-refractivity contribution is -0.139. The van der Waals surface area contributed by atoms with Gasteiger partial charge in [0.05, 0.1) is 39.8 Å². The van der Waals surface area contributed by atoms with E-state index in [2.05, 4.69) is 15.3 Å². The summed E-state index contributed by atoms with van der Waals surface area (Å²) in [5.41, 5.74) is 0.882. The second-order valence-corrected chi connectivity index (χ2v) is 16.3. The molecule has 0 atom stereocenters. The fourth-order valence-electron chi connectivity index (χ4n) is 7.93. The number of rotatable bonds is 6. The number of carbonyl (C=O) groups excluding carboxylic acids is 2. The number of alkyl halides is 6. The Morgan fingerprint density at radius 1 is 0.623 bits per heavy atom. The molecule has 0 unspecified atom stereocenters. The number of carbonyl (C=O) groups is 2. The summed E-state index contributed by atoms with van der Waals surface area (Å²) in [5, 5.41) is 10.6. The SMILES string of the molecule is Clc1cn[nH]c1.O=C(Cl)N1CCN(Cc2c(N3CCCC3)cccc2C(F)(F)F)CC1.O=C(N1CCN(Cc2c(N3CCCC3)cccc2C(F)(F)F)CC1)n1cc(Cl)cn1. The third-order valence-electron chi connectivity index (χ3n) is 11.0. The van der Waals surface area contributed by atoms with Crippen molar-refractivity contribution in [3.05, 3.63) is 93.5 Å². The van der Waals surface area contributed by atoms with Gasteiger partial charge in [-0.1, -0.05) is 35.3 Å². The molecule has 1 N–H and O–H groups in total. The van der Waals surface area contributed by atoms with Gasteiger partial charge >= 0.3 is 23.8 Å². The van der Waals surface area contributed by atoms with Crippen LogP contribution in [0.4, 0.5) is 47.3 Å². The molecule has 4 aromatic rings. The van der Waals surface area contributed by atoms with Crippen molar-refractivity contribution >= 4 is 57.6 Å². The summed E-state index contributed by atoms with van der Waals surface area (Å²) in [5.74, 6) is 0. The van der Waals surface area contributed by atoms with Crippen LogP contribution in [0.3, 0.4) is 0 Å². The highest BCUT2D eigenvalue weighted by atomic mass is 35.5. The van der Waals surface area contributed by atoms with Crippen molar-refractivity contribution in [3.8, 4) is 0 Å². The molecule has 8 rings (SSSR count). The van der Waals surface area contributed by atoms with Gasteiger partial charge in [-0.05, 0) is 61.5 Å². The number of hydrogen-bond donors (Lipinski definition) is 1. The second-order valence-electron chi connectivity index (χ2n) is 15.1. The van der Waals surface area contributed by atoms with Crippen molar-refractivity contribution in [1.82, 2.24) is 39.6 Å². The molecule has 12 nitrogen and oxygen atoms in total. The zero-order chi connectivity index (χ0) is 43.7. The van der Waals surface area contributed by atoms with Crippen molar-refractivity contribution in [2.45, 2.75) is 51.1 Å². The summed E-state index contributed by atoms with van der Waals surface area (Å²) in [4.78, 5) is 34.9. The van der Waals surface area contributed by atoms with Gasteiger partial charge in [-0.15, -0.1) is 0 Å². The van der Waals surface area contributed by atoms with Crippen molar-refractivity contribution in [2.75, 3.05) is 88.3 Å². The fraction of sp³-hybridized carbons (Fsp3) is 0.500. The largest absolute Gasteiger partial charge is 0.416 e. The molecular formula is C40H47Cl3F6N10O2. The minimum absolute atomic E-state index is 0.206. The smallest absolute Gasteiger partial charge is 0.371 e. The number of aromatic amines is 1. The molecular weight excluding hydrogens is 873 g/mol. The molecule has 61 heavy (non-hydrogen) atoms. The lowest BCUT2D eigenvalue weighted by Crippen LogP contribution is -2.49. The lowest BCUT2D eigenvalue weighted by Gasteiger charge is -2.35. The fourth-order valence-corrected chi connectivity index (χ4v) is 8.34. The Kier molecular flexibility index (Phi) is 15.7. The van der Waals surface area contributed by atoms with Gasteiger partial charge in [0.1, 0.15) is 0 Å². The molecule has 0 radical (unpaired) electrons. The molecule has 4 fully saturated rings. The third-order valence-corrected chi connectivity index (χ3v) is 11.7. The first-order chi connectivity index (χ1) is 29.1. The Bertz CT molecular complexity index is 2040. The van der Waals surface area contributed by atoms with E-state index >= 15 is 0 Å². The van der Waals surface area contributed by atoms with Crippen molar-refractivity contribution in [2.24, 2.45) is 0 Å². The molecule has 2 aromatic carbocycles. The van der Waals surface area contributed by atoms with E-state index in [0.29, 0.717) is 84.9 Å². The second kappa shape index (κ2) is 20.8. The van der Waals surface area contributed by atoms with Crippen molar-refractivity contribution in [1.29, 1.82) is 0 Å². The van der Waals surface area contributed by atoms with E-state index in [1.165, 1.54) is 34.1 Å². The summed E-state index contributed by atoms with van der Waals surface area (Å²) in [6.45, 7) is 7.33. The van der Waals surface area contributed by atoms with Crippen LogP contribution in [-0.4, -0.2) is 130 Å². The van der Waals surface area contributed by atoms with E-state index in [1.807, 2.05) is 19.6 Å². The van der Waals surface area contributed by atoms with Crippen LogP contribution in [0.15, 0.2) is 61.2 Å². The van der Waals surface area contributed by atoms with Gasteiger partial charge in [-0.3, -0.25) is 19.7 Å². The zero-order valence-electron chi connectivity index (χ0n) is 33.2. The maximum absolute atomic E-state index is 13.7. The quantitative estimate of drug-likeness (QED) is 0.117. The van der Waals surface area contributed by atoms with Crippen LogP contribution in [0.2, 0.25) is 10.0 Å². The van der Waals surface area contributed by atoms with Crippen molar-refractivity contribution in [3.63, 3.8) is 0 Å². The normalized spacial score (nSPS) is 17.9. The Morgan fingerprint density at radius 2 is 1.08 bits per heavy atom. The molecule has 0 aliphatic carbocycles. The maximum atomic E-state index is 13.7. The number of aromatic nitrogens is 4. The van der Waals surface area contributed by atoms with Gasteiger partial charge < -0.3 is 19.6 Å². The van der Waals surface area contributed by atoms with Crippen LogP contribution in [0.25, 0.3) is 0 Å². The van der Waals surface area contributed by atoms with Crippen LogP contribution >= 0.6 is 34.8 Å². The Labute approximate surface area is 364 Å². The number of piperazine rings is 2. The molecule has 2 amide bonds. The number of anilines is 2. The highest BCUT2D eigenvalue weighted by Crippen LogP contribution is 2.39. The van der Waals surface area contributed by atoms with Gasteiger partial charge in [0.15, 0.2) is 0 Å². The Hall–Kier alpha value is -4.23. The number of amides is 2. The van der Waals surface area contributed by atoms with Crippen LogP contribution in [0, 0.1) is 0 Å². The zero-order valence-corrected chi connectivity index (χ0v) is 35.5. The predicted octanol–water partition coefficient (Wildman–Crippen LogP) is 8.79. The minimum Gasteiger partial charge on any atom is -0.371 e. The molecule has 332 valence electrons. The molecule has 0 spiro atoms. The van der Waals surface area contributed by atoms with Crippen molar-refractivity contribution < 1.29 is 35.9 Å². The molecule has 21 heteroatoms. The van der Waals surface area contributed by atoms with E-state index in [1.54, 1.807) is 29.4 Å². The summed E-state index contributed by atoms with van der Waals surface area (Å²) in [6, 6.07) is 8.60. The van der Waals surface area contributed by atoms with E-state index in [-0.39, 0.29) is 19.1 Å². The van der Waals surface area contributed by atoms with Crippen LogP contribution in [0.1, 0.15) is 47.9 Å². The van der Waals surface area contributed by atoms with Gasteiger partial charge in [0.25, 0.3) is 0 Å². The van der Waals surface area contributed by atoms with Crippen LogP contribution in [0.5, 0.6) is 0 Å². The first kappa shape index (κ1) is 46.3. The standard InChI is InChI=1S/C20H23ClF3N5O.C17H21ClF3N3O.C3H3ClN2/c21-15-12-25-29(13-15)19(30)28-10-8-26(9-11-28)14-16-17(20(22,23)24)4-3-5-18(16)27-6-1-2-7-27;18-16(25)24-10-8-22(9-11-24)12-13-14(17(19,20)21)4-3-5-15(13)23-6-1-2-7-23;4-3-1-5-6-2-3/h3-5,12-13H,1-2,6-11,14H2;3-5H,1-2,6-12H2;1-2H,(H,5,6). The van der Waals surface area contributed by atoms with Crippen LogP contribution < -0.4 is 9.80 Å². The van der Waals surface area contributed by atoms with Gasteiger partial charge in [0.2, 0.25) is 0 Å². The highest BCUT2D eigenvalue weighted by Gasteiger charge is 2.37. The number of nitrogens with one attached hydrogen (secondary N) is 1. The minimum atomic E-state index is -4.40. The molecule has 4 aliphatic heterocycles. The molecule has 0 bridgehead atoms. The van der Waals surface area contributed by atoms with E-state index in [4.69, 9.17) is 34.8 Å². The topological polar surface area (TPSA) is 100 Å². The Morgan fingerprint density at radius 3 is 1.43 bits per heavy atom. The summed E-state index contributed by atoms with van der Waals surface area (Å²) < 4.78 is 82.9. The number of H-pyrrole nitrogens is 1. The molecule has 4 saturated heterocycles. The Balaban J connectivity index is 0.000000181. The lowest BCUT2D eigenvalue weighted by atomic mass is 10.0. The maximum Gasteiger partial charge on any atom is 0.416 e. The number of halogens is 9. The molecule has 4 aliphatic rings. The average Bonchev–Trinajstić information content (AvgIpc) is 4.08. The summed E-state index contributed by atoms with van der Waals surface area (Å²) >= 11 is 16.7.